The van der Waals surface area contributed by atoms with Crippen molar-refractivity contribution < 1.29 is 19.4 Å². The molecule has 2 heterocycles. The van der Waals surface area contributed by atoms with Crippen molar-refractivity contribution in [3.63, 3.8) is 0 Å². The van der Waals surface area contributed by atoms with E-state index in [0.29, 0.717) is 24.9 Å². The number of aliphatic imine (C=N–C) groups is 1. The standard InChI is InChI=1S/C22H33N3O4/c1-15(2)19-21(27)24-22-23-17-10-11-18(20(28-3)16(17)14-25(19)22)29-13-9-7-5-4-6-8-12-26/h10-11,15,19,26H,4-9,12-14H2,1-3H3,(H,23,24,27). The first-order chi connectivity index (χ1) is 14.1. The lowest BCUT2D eigenvalue weighted by Gasteiger charge is -2.30. The number of aliphatic hydroxyl groups excluding tert-OH is 1. The van der Waals surface area contributed by atoms with E-state index in [0.717, 1.165) is 55.5 Å². The largest absolute Gasteiger partial charge is 0.492 e. The second kappa shape index (κ2) is 9.96. The van der Waals surface area contributed by atoms with Crippen molar-refractivity contribution in [2.75, 3.05) is 20.3 Å². The van der Waals surface area contributed by atoms with Crippen LogP contribution in [0.1, 0.15) is 57.9 Å². The van der Waals surface area contributed by atoms with Crippen molar-refractivity contribution >= 4 is 17.6 Å². The van der Waals surface area contributed by atoms with E-state index < -0.39 is 0 Å². The lowest BCUT2D eigenvalue weighted by molar-refractivity contribution is -0.122. The third-order valence-electron chi connectivity index (χ3n) is 5.51. The summed E-state index contributed by atoms with van der Waals surface area (Å²) in [7, 11) is 1.65. The van der Waals surface area contributed by atoms with Crippen molar-refractivity contribution in [1.29, 1.82) is 0 Å². The van der Waals surface area contributed by atoms with E-state index in [1.807, 2.05) is 30.9 Å². The number of nitrogens with one attached hydrogen (secondary N) is 1. The zero-order valence-electron chi connectivity index (χ0n) is 17.7. The fourth-order valence-electron chi connectivity index (χ4n) is 4.04. The van der Waals surface area contributed by atoms with Gasteiger partial charge in [-0.05, 0) is 30.9 Å². The third-order valence-corrected chi connectivity index (χ3v) is 5.51. The summed E-state index contributed by atoms with van der Waals surface area (Å²) < 4.78 is 11.7. The molecule has 0 aliphatic carbocycles. The molecule has 1 amide bonds. The molecule has 1 unspecified atom stereocenters. The number of guanidine groups is 1. The average Bonchev–Trinajstić information content (AvgIpc) is 3.02. The molecule has 1 fully saturated rings. The highest BCUT2D eigenvalue weighted by Gasteiger charge is 2.41. The smallest absolute Gasteiger partial charge is 0.249 e. The van der Waals surface area contributed by atoms with E-state index in [-0.39, 0.29) is 24.5 Å². The van der Waals surface area contributed by atoms with Gasteiger partial charge in [0.05, 0.1) is 25.9 Å². The van der Waals surface area contributed by atoms with E-state index in [4.69, 9.17) is 14.6 Å². The summed E-state index contributed by atoms with van der Waals surface area (Å²) in [5.41, 5.74) is 1.77. The van der Waals surface area contributed by atoms with Crippen LogP contribution >= 0.6 is 0 Å². The number of hydrogen-bond donors (Lipinski definition) is 2. The van der Waals surface area contributed by atoms with Gasteiger partial charge in [0.25, 0.3) is 0 Å². The molecule has 0 spiro atoms. The van der Waals surface area contributed by atoms with E-state index in [9.17, 15) is 4.79 Å². The van der Waals surface area contributed by atoms with Crippen LogP contribution in [-0.2, 0) is 11.3 Å². The molecule has 0 radical (unpaired) electrons. The number of amides is 1. The summed E-state index contributed by atoms with van der Waals surface area (Å²) in [5, 5.41) is 11.7. The maximum Gasteiger partial charge on any atom is 0.249 e. The Hall–Kier alpha value is -2.28. The summed E-state index contributed by atoms with van der Waals surface area (Å²) in [4.78, 5) is 19.0. The van der Waals surface area contributed by atoms with Gasteiger partial charge in [-0.15, -0.1) is 0 Å². The van der Waals surface area contributed by atoms with Gasteiger partial charge < -0.3 is 19.5 Å². The summed E-state index contributed by atoms with van der Waals surface area (Å²) in [6.07, 6.45) is 6.40. The van der Waals surface area contributed by atoms with Gasteiger partial charge in [-0.3, -0.25) is 10.1 Å². The number of carbonyl (C=O) groups excluding carboxylic acids is 1. The summed E-state index contributed by atoms with van der Waals surface area (Å²) in [5.74, 6) is 2.24. The molecule has 2 aliphatic rings. The van der Waals surface area contributed by atoms with Crippen molar-refractivity contribution in [2.45, 2.75) is 65.0 Å². The van der Waals surface area contributed by atoms with Gasteiger partial charge in [0.1, 0.15) is 6.04 Å². The van der Waals surface area contributed by atoms with Crippen LogP contribution in [0.3, 0.4) is 0 Å². The number of hydrogen-bond acceptors (Lipinski definition) is 6. The average molecular weight is 404 g/mol. The fraction of sp³-hybridized carbons (Fsp3) is 0.636. The van der Waals surface area contributed by atoms with Crippen LogP contribution in [0.4, 0.5) is 5.69 Å². The molecule has 1 atom stereocenters. The van der Waals surface area contributed by atoms with Crippen LogP contribution in [0.5, 0.6) is 11.5 Å². The first kappa shape index (κ1) is 21.4. The highest BCUT2D eigenvalue weighted by molar-refractivity contribution is 6.08. The molecule has 2 N–H and O–H groups in total. The zero-order chi connectivity index (χ0) is 20.8. The minimum Gasteiger partial charge on any atom is -0.492 e. The maximum atomic E-state index is 12.3. The van der Waals surface area contributed by atoms with Gasteiger partial charge in [-0.25, -0.2) is 4.99 Å². The van der Waals surface area contributed by atoms with Crippen LogP contribution in [0, 0.1) is 5.92 Å². The minimum atomic E-state index is -0.220. The second-order valence-corrected chi connectivity index (χ2v) is 8.03. The molecular weight excluding hydrogens is 370 g/mol. The zero-order valence-corrected chi connectivity index (χ0v) is 17.7. The number of benzene rings is 1. The highest BCUT2D eigenvalue weighted by atomic mass is 16.5. The van der Waals surface area contributed by atoms with Gasteiger partial charge in [0.2, 0.25) is 11.9 Å². The molecular formula is C22H33N3O4. The van der Waals surface area contributed by atoms with Crippen molar-refractivity contribution in [3.8, 4) is 11.5 Å². The molecule has 0 bridgehead atoms. The Morgan fingerprint density at radius 1 is 1.21 bits per heavy atom. The number of carbonyl (C=O) groups is 1. The summed E-state index contributed by atoms with van der Waals surface area (Å²) in [6.45, 7) is 5.59. The predicted octanol–water partition coefficient (Wildman–Crippen LogP) is 3.36. The number of fused-ring (bicyclic) bond motifs is 2. The molecule has 1 saturated heterocycles. The van der Waals surface area contributed by atoms with Gasteiger partial charge in [0, 0.05) is 12.2 Å². The summed E-state index contributed by atoms with van der Waals surface area (Å²) in [6, 6.07) is 3.61. The van der Waals surface area contributed by atoms with E-state index in [1.165, 1.54) is 0 Å². The molecule has 0 aromatic heterocycles. The predicted molar refractivity (Wildman–Crippen MR) is 113 cm³/mol. The topological polar surface area (TPSA) is 83.4 Å². The lowest BCUT2D eigenvalue weighted by atomic mass is 10.0. The van der Waals surface area contributed by atoms with E-state index in [2.05, 4.69) is 10.3 Å². The number of ether oxygens (including phenoxy) is 2. The Kier molecular flexibility index (Phi) is 7.36. The highest BCUT2D eigenvalue weighted by Crippen LogP contribution is 2.42. The van der Waals surface area contributed by atoms with Crippen molar-refractivity contribution in [2.24, 2.45) is 10.9 Å². The Labute approximate surface area is 173 Å². The molecule has 1 aromatic carbocycles. The van der Waals surface area contributed by atoms with Crippen LogP contribution in [0.2, 0.25) is 0 Å². The van der Waals surface area contributed by atoms with E-state index in [1.54, 1.807) is 7.11 Å². The molecule has 3 rings (SSSR count). The molecule has 0 saturated carbocycles. The van der Waals surface area contributed by atoms with Crippen molar-refractivity contribution in [3.05, 3.63) is 17.7 Å². The first-order valence-electron chi connectivity index (χ1n) is 10.7. The Morgan fingerprint density at radius 2 is 1.93 bits per heavy atom. The minimum absolute atomic E-state index is 0.000912. The Morgan fingerprint density at radius 3 is 2.62 bits per heavy atom. The SMILES string of the molecule is COc1c(OCCCCCCCCO)ccc2c1CN1C(=N2)NC(=O)C1C(C)C. The van der Waals surface area contributed by atoms with Gasteiger partial charge in [-0.2, -0.15) is 0 Å². The van der Waals surface area contributed by atoms with Gasteiger partial charge >= 0.3 is 0 Å². The number of nitrogens with zero attached hydrogens (tertiary/aromatic N) is 2. The maximum absolute atomic E-state index is 12.3. The number of methoxy groups -OCH3 is 1. The molecule has 2 aliphatic heterocycles. The summed E-state index contributed by atoms with van der Waals surface area (Å²) >= 11 is 0. The first-order valence-corrected chi connectivity index (χ1v) is 10.7. The van der Waals surface area contributed by atoms with Crippen LogP contribution < -0.4 is 14.8 Å². The molecule has 1 aromatic rings. The van der Waals surface area contributed by atoms with Crippen LogP contribution in [-0.4, -0.2) is 48.2 Å². The fourth-order valence-corrected chi connectivity index (χ4v) is 4.04. The number of rotatable bonds is 11. The Balaban J connectivity index is 1.63. The lowest BCUT2D eigenvalue weighted by Crippen LogP contribution is -2.40. The normalized spacial score (nSPS) is 17.7. The molecule has 7 nitrogen and oxygen atoms in total. The monoisotopic (exact) mass is 403 g/mol. The second-order valence-electron chi connectivity index (χ2n) is 8.03. The van der Waals surface area contributed by atoms with Gasteiger partial charge in [0.15, 0.2) is 11.5 Å². The Bertz CT molecular complexity index is 748. The third kappa shape index (κ3) is 4.83. The van der Waals surface area contributed by atoms with Gasteiger partial charge in [-0.1, -0.05) is 39.5 Å². The quantitative estimate of drug-likeness (QED) is 0.554. The number of unbranched alkanes of at least 4 members (excludes halogenated alkanes) is 5. The van der Waals surface area contributed by atoms with Crippen molar-refractivity contribution in [1.82, 2.24) is 10.2 Å². The van der Waals surface area contributed by atoms with Crippen LogP contribution in [0.25, 0.3) is 0 Å². The molecule has 29 heavy (non-hydrogen) atoms. The molecule has 160 valence electrons. The van der Waals surface area contributed by atoms with Crippen LogP contribution in [0.15, 0.2) is 17.1 Å². The molecule has 7 heteroatoms. The van der Waals surface area contributed by atoms with E-state index >= 15 is 0 Å². The number of aliphatic hydroxyl groups is 1.